The Morgan fingerprint density at radius 2 is 0.714 bits per heavy atom. The summed E-state index contributed by atoms with van der Waals surface area (Å²) in [6, 6.07) is -0.742. The Morgan fingerprint density at radius 3 is 1.05 bits per heavy atom. The van der Waals surface area contributed by atoms with Crippen LogP contribution < -0.4 is 5.32 Å². The van der Waals surface area contributed by atoms with Crippen molar-refractivity contribution in [3.8, 4) is 0 Å². The molecular formula is C58H111NO4. The lowest BCUT2D eigenvalue weighted by Crippen LogP contribution is -2.45. The predicted molar refractivity (Wildman–Crippen MR) is 278 cm³/mol. The minimum absolute atomic E-state index is 0.0147. The number of carbonyl (C=O) groups is 1. The molecule has 0 aromatic rings. The smallest absolute Gasteiger partial charge is 0.222 e. The van der Waals surface area contributed by atoms with Crippen LogP contribution in [-0.2, 0) is 4.79 Å². The lowest BCUT2D eigenvalue weighted by molar-refractivity contribution is -0.124. The molecule has 63 heavy (non-hydrogen) atoms. The second kappa shape index (κ2) is 53.2. The van der Waals surface area contributed by atoms with Crippen molar-refractivity contribution >= 4 is 5.91 Å². The van der Waals surface area contributed by atoms with E-state index in [-0.39, 0.29) is 18.9 Å². The molecule has 3 unspecified atom stereocenters. The standard InChI is InChI=1S/C58H111NO4/c1-3-5-7-9-11-13-15-16-17-18-19-20-21-22-23-24-25-26-27-28-29-30-31-32-33-34-35-36-37-38-39-40-42-43-45-47-49-51-55(61)53-58(63)59-56(54-60)57(62)52-50-48-46-44-41-14-12-10-8-6-4-2/h25-26,28-29,50,52,55-57,60-62H,3-24,27,30-49,51,53-54H2,1-2H3,(H,59,63)/b26-25-,29-28-,52-50+. The van der Waals surface area contributed by atoms with E-state index in [2.05, 4.69) is 43.5 Å². The molecule has 0 heterocycles. The first-order valence-corrected chi connectivity index (χ1v) is 28.3. The highest BCUT2D eigenvalue weighted by atomic mass is 16.3. The van der Waals surface area contributed by atoms with Crippen molar-refractivity contribution in [2.75, 3.05) is 6.61 Å². The van der Waals surface area contributed by atoms with Crippen molar-refractivity contribution in [3.05, 3.63) is 36.5 Å². The zero-order valence-corrected chi connectivity index (χ0v) is 42.5. The molecular weight excluding hydrogens is 775 g/mol. The van der Waals surface area contributed by atoms with Gasteiger partial charge in [0.1, 0.15) is 0 Å². The average molecular weight is 887 g/mol. The first-order valence-electron chi connectivity index (χ1n) is 28.3. The Bertz CT molecular complexity index is 978. The van der Waals surface area contributed by atoms with Gasteiger partial charge in [0, 0.05) is 0 Å². The van der Waals surface area contributed by atoms with Crippen molar-refractivity contribution in [2.24, 2.45) is 0 Å². The number of allylic oxidation sites excluding steroid dienone is 5. The van der Waals surface area contributed by atoms with E-state index in [1.807, 2.05) is 6.08 Å². The summed E-state index contributed by atoms with van der Waals surface area (Å²) in [6.45, 7) is 4.22. The molecule has 0 fully saturated rings. The van der Waals surface area contributed by atoms with Crippen LogP contribution in [0.1, 0.15) is 303 Å². The Hall–Kier alpha value is -1.43. The molecule has 0 aromatic carbocycles. The highest BCUT2D eigenvalue weighted by Gasteiger charge is 2.20. The number of carbonyl (C=O) groups excluding carboxylic acids is 1. The molecule has 5 nitrogen and oxygen atoms in total. The fourth-order valence-electron chi connectivity index (χ4n) is 8.84. The van der Waals surface area contributed by atoms with Crippen molar-refractivity contribution in [3.63, 3.8) is 0 Å². The van der Waals surface area contributed by atoms with E-state index in [4.69, 9.17) is 0 Å². The lowest BCUT2D eigenvalue weighted by Gasteiger charge is -2.21. The Balaban J connectivity index is 3.47. The molecule has 0 aliphatic heterocycles. The van der Waals surface area contributed by atoms with Crippen LogP contribution in [0.15, 0.2) is 36.5 Å². The Kier molecular flexibility index (Phi) is 52.0. The molecule has 5 heteroatoms. The average Bonchev–Trinajstić information content (AvgIpc) is 3.28. The molecule has 0 aliphatic carbocycles. The molecule has 0 aliphatic rings. The molecule has 0 radical (unpaired) electrons. The van der Waals surface area contributed by atoms with Crippen LogP contribution in [0, 0.1) is 0 Å². The monoisotopic (exact) mass is 886 g/mol. The van der Waals surface area contributed by atoms with Crippen molar-refractivity contribution in [1.82, 2.24) is 5.32 Å². The molecule has 0 rings (SSSR count). The largest absolute Gasteiger partial charge is 0.394 e. The lowest BCUT2D eigenvalue weighted by atomic mass is 10.0. The summed E-state index contributed by atoms with van der Waals surface area (Å²) < 4.78 is 0. The molecule has 3 atom stereocenters. The van der Waals surface area contributed by atoms with Gasteiger partial charge < -0.3 is 20.6 Å². The fraction of sp³-hybridized carbons (Fsp3) is 0.879. The van der Waals surface area contributed by atoms with Crippen LogP contribution >= 0.6 is 0 Å². The molecule has 372 valence electrons. The van der Waals surface area contributed by atoms with Crippen LogP contribution in [0.3, 0.4) is 0 Å². The Morgan fingerprint density at radius 1 is 0.413 bits per heavy atom. The minimum Gasteiger partial charge on any atom is -0.394 e. The zero-order valence-electron chi connectivity index (χ0n) is 42.5. The zero-order chi connectivity index (χ0) is 45.8. The van der Waals surface area contributed by atoms with Crippen LogP contribution in [0.5, 0.6) is 0 Å². The quantitative estimate of drug-likeness (QED) is 0.0362. The third-order valence-corrected chi connectivity index (χ3v) is 13.2. The van der Waals surface area contributed by atoms with E-state index in [9.17, 15) is 20.1 Å². The SMILES string of the molecule is CCCCCCCCCCC/C=C/C(O)C(CO)NC(=O)CC(O)CCCCCCCCCCCCCCCCC/C=C\C/C=C\CCCCCCCCCCCCCCCCC. The van der Waals surface area contributed by atoms with Gasteiger partial charge in [-0.15, -0.1) is 0 Å². The van der Waals surface area contributed by atoms with Gasteiger partial charge in [0.25, 0.3) is 0 Å². The number of hydrogen-bond donors (Lipinski definition) is 4. The van der Waals surface area contributed by atoms with Crippen molar-refractivity contribution in [2.45, 2.75) is 321 Å². The number of unbranched alkanes of at least 4 members (excludes halogenated alkanes) is 39. The summed E-state index contributed by atoms with van der Waals surface area (Å²) in [5.74, 6) is -0.314. The van der Waals surface area contributed by atoms with Gasteiger partial charge in [-0.2, -0.15) is 0 Å². The van der Waals surface area contributed by atoms with Gasteiger partial charge in [-0.25, -0.2) is 0 Å². The molecule has 0 spiro atoms. The van der Waals surface area contributed by atoms with E-state index in [0.717, 1.165) is 32.1 Å². The molecule has 0 saturated carbocycles. The number of nitrogens with one attached hydrogen (secondary N) is 1. The van der Waals surface area contributed by atoms with Crippen molar-refractivity contribution < 1.29 is 20.1 Å². The first kappa shape index (κ1) is 61.6. The number of hydrogen-bond acceptors (Lipinski definition) is 4. The second-order valence-electron chi connectivity index (χ2n) is 19.5. The summed E-state index contributed by atoms with van der Waals surface area (Å²) in [6.07, 6.45) is 69.3. The fourth-order valence-corrected chi connectivity index (χ4v) is 8.84. The summed E-state index contributed by atoms with van der Waals surface area (Å²) in [5.41, 5.74) is 0. The van der Waals surface area contributed by atoms with Crippen LogP contribution in [0.4, 0.5) is 0 Å². The van der Waals surface area contributed by atoms with E-state index in [0.29, 0.717) is 6.42 Å². The van der Waals surface area contributed by atoms with Gasteiger partial charge in [-0.05, 0) is 51.4 Å². The number of amides is 1. The van der Waals surface area contributed by atoms with Gasteiger partial charge in [0.15, 0.2) is 0 Å². The highest BCUT2D eigenvalue weighted by molar-refractivity contribution is 5.76. The van der Waals surface area contributed by atoms with Crippen LogP contribution in [-0.4, -0.2) is 46.1 Å². The van der Waals surface area contributed by atoms with Crippen LogP contribution in [0.2, 0.25) is 0 Å². The summed E-state index contributed by atoms with van der Waals surface area (Å²) in [4.78, 5) is 12.5. The Labute approximate surface area is 394 Å². The van der Waals surface area contributed by atoms with Gasteiger partial charge in [0.05, 0.1) is 31.3 Å². The van der Waals surface area contributed by atoms with Crippen molar-refractivity contribution in [1.29, 1.82) is 0 Å². The summed E-state index contributed by atoms with van der Waals surface area (Å²) in [7, 11) is 0. The minimum atomic E-state index is -0.927. The molecule has 0 bridgehead atoms. The van der Waals surface area contributed by atoms with Crippen LogP contribution in [0.25, 0.3) is 0 Å². The maximum Gasteiger partial charge on any atom is 0.222 e. The molecule has 1 amide bonds. The molecule has 0 aromatic heterocycles. The maximum atomic E-state index is 12.5. The van der Waals surface area contributed by atoms with E-state index >= 15 is 0 Å². The maximum absolute atomic E-state index is 12.5. The van der Waals surface area contributed by atoms with Gasteiger partial charge in [-0.1, -0.05) is 281 Å². The summed E-state index contributed by atoms with van der Waals surface area (Å²) in [5, 5.41) is 33.3. The predicted octanol–water partition coefficient (Wildman–Crippen LogP) is 17.4. The number of aliphatic hydroxyl groups is 3. The molecule has 0 saturated heterocycles. The van der Waals surface area contributed by atoms with Gasteiger partial charge >= 0.3 is 0 Å². The topological polar surface area (TPSA) is 89.8 Å². The molecule has 4 N–H and O–H groups in total. The first-order chi connectivity index (χ1) is 31.0. The third kappa shape index (κ3) is 49.8. The number of aliphatic hydroxyl groups excluding tert-OH is 3. The third-order valence-electron chi connectivity index (χ3n) is 13.2. The normalized spacial score (nSPS) is 13.5. The van der Waals surface area contributed by atoms with Gasteiger partial charge in [0.2, 0.25) is 5.91 Å². The van der Waals surface area contributed by atoms with E-state index in [1.165, 1.54) is 244 Å². The number of rotatable bonds is 52. The second-order valence-corrected chi connectivity index (χ2v) is 19.5. The highest BCUT2D eigenvalue weighted by Crippen LogP contribution is 2.17. The van der Waals surface area contributed by atoms with E-state index in [1.54, 1.807) is 6.08 Å². The van der Waals surface area contributed by atoms with Gasteiger partial charge in [-0.3, -0.25) is 4.79 Å². The summed E-state index contributed by atoms with van der Waals surface area (Å²) >= 11 is 0. The van der Waals surface area contributed by atoms with E-state index < -0.39 is 18.2 Å².